The molecule has 142 valence electrons. The monoisotopic (exact) mass is 395 g/mol. The van der Waals surface area contributed by atoms with Gasteiger partial charge in [-0.05, 0) is 74.5 Å². The van der Waals surface area contributed by atoms with E-state index in [4.69, 9.17) is 28.6 Å². The van der Waals surface area contributed by atoms with Crippen molar-refractivity contribution in [3.63, 3.8) is 0 Å². The van der Waals surface area contributed by atoms with Gasteiger partial charge in [0.2, 0.25) is 5.91 Å². The number of carbonyl (C=O) groups is 1. The van der Waals surface area contributed by atoms with E-state index in [1.54, 1.807) is 7.11 Å². The number of rotatable bonds is 5. The predicted molar refractivity (Wildman–Crippen MR) is 108 cm³/mol. The molecule has 0 bridgehead atoms. The molecule has 3 N–H and O–H groups in total. The summed E-state index contributed by atoms with van der Waals surface area (Å²) >= 11 is 11.2. The molecule has 1 amide bonds. The zero-order valence-electron chi connectivity index (χ0n) is 15.0. The minimum Gasteiger partial charge on any atom is -0.381 e. The Morgan fingerprint density at radius 3 is 2.81 bits per heavy atom. The highest BCUT2D eigenvalue weighted by Crippen LogP contribution is 2.35. The first kappa shape index (κ1) is 19.4. The summed E-state index contributed by atoms with van der Waals surface area (Å²) < 4.78 is 5.46. The van der Waals surface area contributed by atoms with E-state index < -0.39 is 0 Å². The second kappa shape index (κ2) is 9.02. The second-order valence-electron chi connectivity index (χ2n) is 7.16. The molecule has 0 radical (unpaired) electrons. The molecule has 4 unspecified atom stereocenters. The third-order valence-corrected chi connectivity index (χ3v) is 5.94. The fourth-order valence-corrected chi connectivity index (χ4v) is 4.30. The van der Waals surface area contributed by atoms with E-state index in [0.717, 1.165) is 37.8 Å². The van der Waals surface area contributed by atoms with Gasteiger partial charge in [0.1, 0.15) is 0 Å². The molecule has 0 aromatic heterocycles. The molecule has 2 fully saturated rings. The average molecular weight is 396 g/mol. The molecule has 5 nitrogen and oxygen atoms in total. The lowest BCUT2D eigenvalue weighted by Gasteiger charge is -2.41. The minimum atomic E-state index is 0.0566. The van der Waals surface area contributed by atoms with E-state index in [2.05, 4.69) is 16.0 Å². The van der Waals surface area contributed by atoms with E-state index in [9.17, 15) is 4.79 Å². The van der Waals surface area contributed by atoms with Gasteiger partial charge in [-0.3, -0.25) is 4.79 Å². The highest BCUT2D eigenvalue weighted by Gasteiger charge is 2.39. The maximum atomic E-state index is 12.4. The number of benzene rings is 1. The molecule has 7 heteroatoms. The van der Waals surface area contributed by atoms with Crippen LogP contribution in [0, 0.1) is 11.8 Å². The van der Waals surface area contributed by atoms with E-state index in [-0.39, 0.29) is 24.0 Å². The SMILES string of the molecule is COC1CCC2CC(CCNC(=S)Nc3ccc(Cl)cc3)C(=O)NC2C1. The number of methoxy groups -OCH3 is 1. The van der Waals surface area contributed by atoms with E-state index in [1.165, 1.54) is 0 Å². The summed E-state index contributed by atoms with van der Waals surface area (Å²) in [6.45, 7) is 0.676. The minimum absolute atomic E-state index is 0.0566. The maximum Gasteiger partial charge on any atom is 0.223 e. The Morgan fingerprint density at radius 2 is 2.08 bits per heavy atom. The molecule has 1 aliphatic carbocycles. The lowest BCUT2D eigenvalue weighted by molar-refractivity contribution is -0.131. The van der Waals surface area contributed by atoms with Gasteiger partial charge in [0, 0.05) is 36.3 Å². The smallest absolute Gasteiger partial charge is 0.223 e. The van der Waals surface area contributed by atoms with Crippen molar-refractivity contribution < 1.29 is 9.53 Å². The van der Waals surface area contributed by atoms with Crippen LogP contribution >= 0.6 is 23.8 Å². The fraction of sp³-hybridized carbons (Fsp3) is 0.579. The number of ether oxygens (including phenoxy) is 1. The Kier molecular flexibility index (Phi) is 6.73. The number of thiocarbonyl (C=S) groups is 1. The number of piperidine rings is 1. The number of nitrogens with one attached hydrogen (secondary N) is 3. The number of hydrogen-bond acceptors (Lipinski definition) is 3. The van der Waals surface area contributed by atoms with Crippen LogP contribution in [0.1, 0.15) is 32.1 Å². The van der Waals surface area contributed by atoms with E-state index in [1.807, 2.05) is 24.3 Å². The van der Waals surface area contributed by atoms with Crippen LogP contribution < -0.4 is 16.0 Å². The number of amides is 1. The number of anilines is 1. The van der Waals surface area contributed by atoms with Crippen LogP contribution in [0.2, 0.25) is 5.02 Å². The number of hydrogen-bond donors (Lipinski definition) is 3. The molecule has 1 aromatic rings. The summed E-state index contributed by atoms with van der Waals surface area (Å²) in [6, 6.07) is 7.65. The summed E-state index contributed by atoms with van der Waals surface area (Å²) in [5, 5.41) is 10.8. The summed E-state index contributed by atoms with van der Waals surface area (Å²) in [5.74, 6) is 0.797. The van der Waals surface area contributed by atoms with Gasteiger partial charge in [-0.2, -0.15) is 0 Å². The Balaban J connectivity index is 1.41. The van der Waals surface area contributed by atoms with E-state index >= 15 is 0 Å². The van der Waals surface area contributed by atoms with Crippen molar-refractivity contribution in [1.82, 2.24) is 10.6 Å². The van der Waals surface area contributed by atoms with Gasteiger partial charge >= 0.3 is 0 Å². The lowest BCUT2D eigenvalue weighted by atomic mass is 9.74. The molecule has 0 spiro atoms. The van der Waals surface area contributed by atoms with Gasteiger partial charge in [0.15, 0.2) is 5.11 Å². The summed E-state index contributed by atoms with van der Waals surface area (Å²) in [6.07, 6.45) is 5.19. The Bertz CT molecular complexity index is 640. The quantitative estimate of drug-likeness (QED) is 0.667. The predicted octanol–water partition coefficient (Wildman–Crippen LogP) is 3.34. The Hall–Kier alpha value is -1.37. The zero-order valence-corrected chi connectivity index (χ0v) is 16.5. The zero-order chi connectivity index (χ0) is 18.5. The van der Waals surface area contributed by atoms with Gasteiger partial charge in [0.25, 0.3) is 0 Å². The first-order chi connectivity index (χ1) is 12.5. The van der Waals surface area contributed by atoms with Crippen LogP contribution in [0.3, 0.4) is 0 Å². The molecule has 1 aliphatic heterocycles. The second-order valence-corrected chi connectivity index (χ2v) is 8.00. The maximum absolute atomic E-state index is 12.4. The van der Waals surface area contributed by atoms with Crippen molar-refractivity contribution in [3.05, 3.63) is 29.3 Å². The molecular formula is C19H26ClN3O2S. The molecule has 1 aromatic carbocycles. The molecule has 26 heavy (non-hydrogen) atoms. The molecule has 2 aliphatic rings. The normalized spacial score (nSPS) is 28.0. The molecule has 1 saturated carbocycles. The standard InChI is InChI=1S/C19H26ClN3O2S/c1-25-16-7-2-12-10-13(18(24)23-17(12)11-16)8-9-21-19(26)22-15-5-3-14(20)4-6-15/h3-6,12-13,16-17H,2,7-11H2,1H3,(H,23,24)(H2,21,22,26). The average Bonchev–Trinajstić information content (AvgIpc) is 2.63. The molecular weight excluding hydrogens is 370 g/mol. The summed E-state index contributed by atoms with van der Waals surface area (Å²) in [5.41, 5.74) is 0.889. The van der Waals surface area contributed by atoms with Crippen LogP contribution in [-0.4, -0.2) is 36.8 Å². The topological polar surface area (TPSA) is 62.4 Å². The van der Waals surface area contributed by atoms with Crippen LogP contribution in [0.5, 0.6) is 0 Å². The molecule has 1 heterocycles. The molecule has 1 saturated heterocycles. The van der Waals surface area contributed by atoms with Crippen molar-refractivity contribution in [1.29, 1.82) is 0 Å². The van der Waals surface area contributed by atoms with Gasteiger partial charge in [0.05, 0.1) is 6.10 Å². The van der Waals surface area contributed by atoms with Gasteiger partial charge < -0.3 is 20.7 Å². The highest BCUT2D eigenvalue weighted by molar-refractivity contribution is 7.80. The first-order valence-corrected chi connectivity index (χ1v) is 9.97. The summed E-state index contributed by atoms with van der Waals surface area (Å²) in [7, 11) is 1.76. The van der Waals surface area contributed by atoms with Crippen molar-refractivity contribution >= 4 is 40.5 Å². The third kappa shape index (κ3) is 5.09. The number of carbonyl (C=O) groups excluding carboxylic acids is 1. The van der Waals surface area contributed by atoms with Crippen molar-refractivity contribution in [3.8, 4) is 0 Å². The number of fused-ring (bicyclic) bond motifs is 1. The molecule has 3 rings (SSSR count). The largest absolute Gasteiger partial charge is 0.381 e. The fourth-order valence-electron chi connectivity index (χ4n) is 3.96. The first-order valence-electron chi connectivity index (χ1n) is 9.18. The van der Waals surface area contributed by atoms with Crippen LogP contribution in [-0.2, 0) is 9.53 Å². The Labute approximate surface area is 165 Å². The van der Waals surface area contributed by atoms with Gasteiger partial charge in [-0.25, -0.2) is 0 Å². The van der Waals surface area contributed by atoms with Crippen LogP contribution in [0.15, 0.2) is 24.3 Å². The van der Waals surface area contributed by atoms with Crippen molar-refractivity contribution in [2.45, 2.75) is 44.2 Å². The highest BCUT2D eigenvalue weighted by atomic mass is 35.5. The van der Waals surface area contributed by atoms with Gasteiger partial charge in [-0.15, -0.1) is 0 Å². The number of halogens is 1. The lowest BCUT2D eigenvalue weighted by Crippen LogP contribution is -2.53. The van der Waals surface area contributed by atoms with Gasteiger partial charge in [-0.1, -0.05) is 11.6 Å². The third-order valence-electron chi connectivity index (χ3n) is 5.44. The van der Waals surface area contributed by atoms with Crippen LogP contribution in [0.4, 0.5) is 5.69 Å². The van der Waals surface area contributed by atoms with Crippen molar-refractivity contribution in [2.75, 3.05) is 19.0 Å². The van der Waals surface area contributed by atoms with E-state index in [0.29, 0.717) is 22.6 Å². The van der Waals surface area contributed by atoms with Crippen molar-refractivity contribution in [2.24, 2.45) is 11.8 Å². The van der Waals surface area contributed by atoms with Crippen LogP contribution in [0.25, 0.3) is 0 Å². The Morgan fingerprint density at radius 1 is 1.31 bits per heavy atom. The molecule has 4 atom stereocenters. The summed E-state index contributed by atoms with van der Waals surface area (Å²) in [4.78, 5) is 12.4.